The largest absolute Gasteiger partial charge is 0.449 e. The molecule has 2 N–H and O–H groups in total. The second-order valence-corrected chi connectivity index (χ2v) is 3.35. The Morgan fingerprint density at radius 2 is 2.15 bits per heavy atom. The molecule has 0 aliphatic carbocycles. The van der Waals surface area contributed by atoms with Gasteiger partial charge in [0.05, 0.1) is 6.61 Å². The summed E-state index contributed by atoms with van der Waals surface area (Å²) in [6, 6.07) is 0. The van der Waals surface area contributed by atoms with Crippen LogP contribution >= 0.6 is 0 Å². The second kappa shape index (κ2) is 7.86. The molecule has 0 fully saturated rings. The summed E-state index contributed by atoms with van der Waals surface area (Å²) in [5, 5.41) is 11.1. The fourth-order valence-electron chi connectivity index (χ4n) is 0.721. The van der Waals surface area contributed by atoms with Gasteiger partial charge in [-0.2, -0.15) is 0 Å². The number of ether oxygens (including phenoxy) is 1. The highest BCUT2D eigenvalue weighted by atomic mass is 16.5. The molecule has 0 aliphatic heterocycles. The summed E-state index contributed by atoms with van der Waals surface area (Å²) >= 11 is 0. The molecule has 0 bridgehead atoms. The lowest BCUT2D eigenvalue weighted by Crippen LogP contribution is -2.26. The number of nitrogens with one attached hydrogen (secondary N) is 1. The van der Waals surface area contributed by atoms with Crippen molar-refractivity contribution in [3.8, 4) is 0 Å². The molecule has 0 rings (SSSR count). The first-order valence-corrected chi connectivity index (χ1v) is 4.68. The van der Waals surface area contributed by atoms with E-state index in [9.17, 15) is 4.79 Å². The Bertz CT molecular complexity index is 137. The topological polar surface area (TPSA) is 58.6 Å². The number of carbonyl (C=O) groups is 1. The van der Waals surface area contributed by atoms with Crippen molar-refractivity contribution in [2.45, 2.75) is 26.7 Å². The summed E-state index contributed by atoms with van der Waals surface area (Å²) < 4.78 is 4.87. The normalized spacial score (nSPS) is 10.2. The Labute approximate surface area is 79.3 Å². The Hall–Kier alpha value is -0.770. The summed E-state index contributed by atoms with van der Waals surface area (Å²) in [5.41, 5.74) is 0. The number of aliphatic hydroxyl groups excluding tert-OH is 1. The Balaban J connectivity index is 3.20. The van der Waals surface area contributed by atoms with E-state index in [-0.39, 0.29) is 12.7 Å². The maximum atomic E-state index is 10.9. The summed E-state index contributed by atoms with van der Waals surface area (Å²) in [5.74, 6) is 0.364. The molecule has 4 heteroatoms. The van der Waals surface area contributed by atoms with E-state index in [4.69, 9.17) is 9.84 Å². The molecule has 0 spiro atoms. The third-order valence-electron chi connectivity index (χ3n) is 1.40. The first-order chi connectivity index (χ1) is 6.16. The van der Waals surface area contributed by atoms with Crippen LogP contribution in [0.25, 0.3) is 0 Å². The minimum absolute atomic E-state index is 0.169. The lowest BCUT2D eigenvalue weighted by molar-refractivity contribution is 0.132. The van der Waals surface area contributed by atoms with Gasteiger partial charge in [0.2, 0.25) is 0 Å². The number of amides is 1. The van der Waals surface area contributed by atoms with Gasteiger partial charge in [0, 0.05) is 13.2 Å². The van der Waals surface area contributed by atoms with Gasteiger partial charge in [-0.1, -0.05) is 13.8 Å². The van der Waals surface area contributed by atoms with Gasteiger partial charge in [0.15, 0.2) is 0 Å². The third-order valence-corrected chi connectivity index (χ3v) is 1.40. The summed E-state index contributed by atoms with van der Waals surface area (Å²) in [6.45, 7) is 5.16. The fourth-order valence-corrected chi connectivity index (χ4v) is 0.721. The molecule has 13 heavy (non-hydrogen) atoms. The fraction of sp³-hybridized carbons (Fsp3) is 0.889. The number of aliphatic hydroxyl groups is 1. The molecule has 0 aromatic carbocycles. The number of hydrogen-bond acceptors (Lipinski definition) is 3. The number of carbonyl (C=O) groups excluding carboxylic acids is 1. The van der Waals surface area contributed by atoms with E-state index in [1.54, 1.807) is 0 Å². The van der Waals surface area contributed by atoms with Crippen molar-refractivity contribution in [1.82, 2.24) is 5.32 Å². The molecule has 0 aromatic heterocycles. The first kappa shape index (κ1) is 12.2. The molecule has 0 saturated carbocycles. The second-order valence-electron chi connectivity index (χ2n) is 3.35. The standard InChI is InChI=1S/C9H19NO3/c1-8(2)7-13-9(12)10-5-3-4-6-11/h8,11H,3-7H2,1-2H3,(H,10,12). The van der Waals surface area contributed by atoms with Crippen LogP contribution in [0.2, 0.25) is 0 Å². The molecule has 0 heterocycles. The van der Waals surface area contributed by atoms with E-state index in [1.165, 1.54) is 0 Å². The summed E-state index contributed by atoms with van der Waals surface area (Å²) in [4.78, 5) is 10.9. The maximum absolute atomic E-state index is 10.9. The zero-order chi connectivity index (χ0) is 10.1. The lowest BCUT2D eigenvalue weighted by Gasteiger charge is -2.07. The van der Waals surface area contributed by atoms with Crippen LogP contribution in [-0.2, 0) is 4.74 Å². The molecule has 0 atom stereocenters. The van der Waals surface area contributed by atoms with E-state index in [0.717, 1.165) is 6.42 Å². The average molecular weight is 189 g/mol. The molecule has 1 amide bonds. The van der Waals surface area contributed by atoms with Crippen LogP contribution < -0.4 is 5.32 Å². The molecule has 0 aromatic rings. The third kappa shape index (κ3) is 9.14. The van der Waals surface area contributed by atoms with Crippen molar-refractivity contribution in [3.05, 3.63) is 0 Å². The maximum Gasteiger partial charge on any atom is 0.407 e. The molecule has 4 nitrogen and oxygen atoms in total. The van der Waals surface area contributed by atoms with Crippen molar-refractivity contribution in [2.24, 2.45) is 5.92 Å². The van der Waals surface area contributed by atoms with Gasteiger partial charge in [-0.15, -0.1) is 0 Å². The predicted molar refractivity (Wildman–Crippen MR) is 50.5 cm³/mol. The van der Waals surface area contributed by atoms with Gasteiger partial charge >= 0.3 is 6.09 Å². The Morgan fingerprint density at radius 3 is 2.69 bits per heavy atom. The summed E-state index contributed by atoms with van der Waals surface area (Å²) in [7, 11) is 0. The van der Waals surface area contributed by atoms with E-state index in [0.29, 0.717) is 25.5 Å². The molecule has 0 unspecified atom stereocenters. The van der Waals surface area contributed by atoms with Gasteiger partial charge in [-0.05, 0) is 18.8 Å². The molecular weight excluding hydrogens is 170 g/mol. The quantitative estimate of drug-likeness (QED) is 0.616. The van der Waals surface area contributed by atoms with Crippen LogP contribution in [-0.4, -0.2) is 31.0 Å². The van der Waals surface area contributed by atoms with E-state index in [2.05, 4.69) is 5.32 Å². The number of alkyl carbamates (subject to hydrolysis) is 1. The van der Waals surface area contributed by atoms with Crippen LogP contribution in [0.1, 0.15) is 26.7 Å². The number of unbranched alkanes of at least 4 members (excludes halogenated alkanes) is 1. The minimum atomic E-state index is -0.369. The van der Waals surface area contributed by atoms with Crippen LogP contribution in [0, 0.1) is 5.92 Å². The highest BCUT2D eigenvalue weighted by molar-refractivity contribution is 5.66. The minimum Gasteiger partial charge on any atom is -0.449 e. The van der Waals surface area contributed by atoms with Crippen molar-refractivity contribution >= 4 is 6.09 Å². The van der Waals surface area contributed by atoms with Crippen LogP contribution in [0.3, 0.4) is 0 Å². The number of hydrogen-bond donors (Lipinski definition) is 2. The van der Waals surface area contributed by atoms with Crippen molar-refractivity contribution < 1.29 is 14.6 Å². The monoisotopic (exact) mass is 189 g/mol. The predicted octanol–water partition coefficient (Wildman–Crippen LogP) is 1.14. The van der Waals surface area contributed by atoms with Crippen LogP contribution in [0.5, 0.6) is 0 Å². The SMILES string of the molecule is CC(C)COC(=O)NCCCCO. The number of rotatable bonds is 6. The Morgan fingerprint density at radius 1 is 1.46 bits per heavy atom. The Kier molecular flexibility index (Phi) is 7.39. The zero-order valence-corrected chi connectivity index (χ0v) is 8.38. The average Bonchev–Trinajstić information content (AvgIpc) is 2.09. The van der Waals surface area contributed by atoms with Gasteiger partial charge in [-0.3, -0.25) is 0 Å². The van der Waals surface area contributed by atoms with Gasteiger partial charge in [0.25, 0.3) is 0 Å². The molecular formula is C9H19NO3. The smallest absolute Gasteiger partial charge is 0.407 e. The molecule has 0 saturated heterocycles. The van der Waals surface area contributed by atoms with Crippen molar-refractivity contribution in [3.63, 3.8) is 0 Å². The van der Waals surface area contributed by atoms with Gasteiger partial charge in [-0.25, -0.2) is 4.79 Å². The molecule has 0 radical (unpaired) electrons. The van der Waals surface area contributed by atoms with E-state index in [1.807, 2.05) is 13.8 Å². The molecule has 78 valence electrons. The van der Waals surface area contributed by atoms with E-state index < -0.39 is 0 Å². The first-order valence-electron chi connectivity index (χ1n) is 4.68. The highest BCUT2D eigenvalue weighted by Crippen LogP contribution is 1.92. The molecule has 0 aliphatic rings. The summed E-state index contributed by atoms with van der Waals surface area (Å²) in [6.07, 6.45) is 1.13. The van der Waals surface area contributed by atoms with Crippen LogP contribution in [0.15, 0.2) is 0 Å². The zero-order valence-electron chi connectivity index (χ0n) is 8.38. The highest BCUT2D eigenvalue weighted by Gasteiger charge is 2.01. The van der Waals surface area contributed by atoms with Gasteiger partial charge < -0.3 is 15.2 Å². The van der Waals surface area contributed by atoms with E-state index >= 15 is 0 Å². The van der Waals surface area contributed by atoms with Crippen molar-refractivity contribution in [2.75, 3.05) is 19.8 Å². The van der Waals surface area contributed by atoms with Crippen molar-refractivity contribution in [1.29, 1.82) is 0 Å². The van der Waals surface area contributed by atoms with Crippen LogP contribution in [0.4, 0.5) is 4.79 Å². The van der Waals surface area contributed by atoms with Gasteiger partial charge in [0.1, 0.15) is 0 Å². The lowest BCUT2D eigenvalue weighted by atomic mass is 10.2.